The van der Waals surface area contributed by atoms with Gasteiger partial charge in [-0.3, -0.25) is 4.79 Å². The van der Waals surface area contributed by atoms with Gasteiger partial charge in [0.25, 0.3) is 0 Å². The molecule has 1 saturated carbocycles. The molecular weight excluding hydrogens is 175 g/mol. The molecule has 0 spiro atoms. The summed E-state index contributed by atoms with van der Waals surface area (Å²) in [4.78, 5) is 10.6. The Balaban J connectivity index is 2.47. The zero-order valence-corrected chi connectivity index (χ0v) is 9.12. The van der Waals surface area contributed by atoms with Crippen LogP contribution in [-0.4, -0.2) is 18.9 Å². The number of aliphatic carboxylic acids is 1. The Morgan fingerprint density at radius 2 is 2.36 bits per heavy atom. The second-order valence-electron chi connectivity index (χ2n) is 5.09. The molecule has 0 heterocycles. The van der Waals surface area contributed by atoms with Crippen molar-refractivity contribution < 1.29 is 9.90 Å². The highest BCUT2D eigenvalue weighted by Crippen LogP contribution is 2.45. The monoisotopic (exact) mass is 194 g/mol. The Bertz CT molecular complexity index is 213. The Morgan fingerprint density at radius 3 is 2.86 bits per heavy atom. The van der Waals surface area contributed by atoms with E-state index in [-0.39, 0.29) is 17.7 Å². The van der Waals surface area contributed by atoms with Crippen LogP contribution in [0.4, 0.5) is 0 Å². The molecule has 0 aliphatic heterocycles. The standard InChI is InChI=1S/C11H19BO2/c1-8(6-10(13)14)9-4-3-5-11(2,12)7-9/h8-9H,3-7H2,1-2H3,(H,13,14). The molecule has 2 radical (unpaired) electrons. The minimum atomic E-state index is -0.693. The van der Waals surface area contributed by atoms with E-state index in [1.165, 1.54) is 0 Å². The Morgan fingerprint density at radius 1 is 1.71 bits per heavy atom. The average molecular weight is 194 g/mol. The molecule has 3 unspecified atom stereocenters. The van der Waals surface area contributed by atoms with Crippen LogP contribution in [0.25, 0.3) is 0 Å². The number of hydrogen-bond donors (Lipinski definition) is 1. The fraction of sp³-hybridized carbons (Fsp3) is 0.909. The van der Waals surface area contributed by atoms with E-state index in [4.69, 9.17) is 13.0 Å². The van der Waals surface area contributed by atoms with Crippen molar-refractivity contribution in [3.8, 4) is 0 Å². The van der Waals surface area contributed by atoms with E-state index in [1.54, 1.807) is 0 Å². The summed E-state index contributed by atoms with van der Waals surface area (Å²) in [6.07, 6.45) is 4.61. The molecule has 14 heavy (non-hydrogen) atoms. The summed E-state index contributed by atoms with van der Waals surface area (Å²) in [5.74, 6) is 0.0623. The average Bonchev–Trinajstić information content (AvgIpc) is 2.01. The molecule has 1 rings (SSSR count). The van der Waals surface area contributed by atoms with Crippen LogP contribution in [0.2, 0.25) is 5.31 Å². The normalized spacial score (nSPS) is 35.1. The first-order chi connectivity index (χ1) is 6.41. The minimum absolute atomic E-state index is 0.0737. The van der Waals surface area contributed by atoms with E-state index in [2.05, 4.69) is 6.92 Å². The lowest BCUT2D eigenvalue weighted by molar-refractivity contribution is -0.138. The van der Waals surface area contributed by atoms with Crippen LogP contribution >= 0.6 is 0 Å². The second-order valence-corrected chi connectivity index (χ2v) is 5.09. The lowest BCUT2D eigenvalue weighted by Crippen LogP contribution is -2.25. The van der Waals surface area contributed by atoms with Crippen LogP contribution in [0, 0.1) is 11.8 Å². The largest absolute Gasteiger partial charge is 0.481 e. The number of carboxylic acids is 1. The third-order valence-corrected chi connectivity index (χ3v) is 3.35. The van der Waals surface area contributed by atoms with E-state index in [0.29, 0.717) is 5.92 Å². The van der Waals surface area contributed by atoms with Gasteiger partial charge in [0.15, 0.2) is 0 Å². The lowest BCUT2D eigenvalue weighted by Gasteiger charge is -2.38. The van der Waals surface area contributed by atoms with Crippen LogP contribution in [-0.2, 0) is 4.79 Å². The molecule has 1 aliphatic rings. The molecular formula is C11H19BO2. The van der Waals surface area contributed by atoms with Crippen molar-refractivity contribution >= 4 is 13.8 Å². The molecule has 0 amide bonds. The van der Waals surface area contributed by atoms with Gasteiger partial charge in [0, 0.05) is 6.42 Å². The Labute approximate surface area is 87.5 Å². The topological polar surface area (TPSA) is 37.3 Å². The number of carbonyl (C=O) groups is 1. The fourth-order valence-electron chi connectivity index (χ4n) is 2.50. The van der Waals surface area contributed by atoms with Crippen molar-refractivity contribution in [3.63, 3.8) is 0 Å². The zero-order valence-electron chi connectivity index (χ0n) is 9.12. The summed E-state index contributed by atoms with van der Waals surface area (Å²) in [5, 5.41) is 8.64. The van der Waals surface area contributed by atoms with Gasteiger partial charge in [-0.15, -0.1) is 0 Å². The number of rotatable bonds is 3. The summed E-state index contributed by atoms with van der Waals surface area (Å²) in [7, 11) is 6.09. The Kier molecular flexibility index (Phi) is 3.62. The highest BCUT2D eigenvalue weighted by atomic mass is 16.4. The molecule has 1 fully saturated rings. The number of hydrogen-bond acceptors (Lipinski definition) is 1. The van der Waals surface area contributed by atoms with Crippen LogP contribution in [0.1, 0.15) is 46.0 Å². The molecule has 3 heteroatoms. The third kappa shape index (κ3) is 3.35. The van der Waals surface area contributed by atoms with Gasteiger partial charge in [-0.05, 0) is 11.8 Å². The predicted octanol–water partition coefficient (Wildman–Crippen LogP) is 2.63. The molecule has 0 aromatic rings. The Hall–Kier alpha value is -0.465. The van der Waals surface area contributed by atoms with E-state index in [1.807, 2.05) is 6.92 Å². The molecule has 0 aromatic carbocycles. The van der Waals surface area contributed by atoms with E-state index in [9.17, 15) is 4.79 Å². The number of carboxylic acid groups (broad SMARTS) is 1. The van der Waals surface area contributed by atoms with E-state index >= 15 is 0 Å². The van der Waals surface area contributed by atoms with Crippen molar-refractivity contribution in [1.29, 1.82) is 0 Å². The van der Waals surface area contributed by atoms with Gasteiger partial charge < -0.3 is 5.11 Å². The van der Waals surface area contributed by atoms with Gasteiger partial charge in [-0.1, -0.05) is 44.8 Å². The molecule has 1 aliphatic carbocycles. The van der Waals surface area contributed by atoms with Crippen LogP contribution in [0.15, 0.2) is 0 Å². The molecule has 0 saturated heterocycles. The van der Waals surface area contributed by atoms with Crippen molar-refractivity contribution in [2.75, 3.05) is 0 Å². The molecule has 1 N–H and O–H groups in total. The summed E-state index contributed by atoms with van der Waals surface area (Å²) in [5.41, 5.74) is 0. The van der Waals surface area contributed by atoms with Gasteiger partial charge in [0.2, 0.25) is 0 Å². The van der Waals surface area contributed by atoms with E-state index in [0.717, 1.165) is 25.7 Å². The van der Waals surface area contributed by atoms with Crippen molar-refractivity contribution in [2.24, 2.45) is 11.8 Å². The summed E-state index contributed by atoms with van der Waals surface area (Å²) in [6.45, 7) is 4.10. The van der Waals surface area contributed by atoms with Crippen LogP contribution < -0.4 is 0 Å². The van der Waals surface area contributed by atoms with Gasteiger partial charge in [-0.2, -0.15) is 0 Å². The molecule has 0 aromatic heterocycles. The van der Waals surface area contributed by atoms with Crippen molar-refractivity contribution in [1.82, 2.24) is 0 Å². The molecule has 3 atom stereocenters. The van der Waals surface area contributed by atoms with Gasteiger partial charge >= 0.3 is 5.97 Å². The maximum absolute atomic E-state index is 10.6. The molecule has 2 nitrogen and oxygen atoms in total. The first-order valence-electron chi connectivity index (χ1n) is 5.41. The zero-order chi connectivity index (χ0) is 10.8. The van der Waals surface area contributed by atoms with Crippen molar-refractivity contribution in [2.45, 2.75) is 51.3 Å². The maximum atomic E-state index is 10.6. The quantitative estimate of drug-likeness (QED) is 0.701. The third-order valence-electron chi connectivity index (χ3n) is 3.35. The van der Waals surface area contributed by atoms with E-state index < -0.39 is 5.97 Å². The smallest absolute Gasteiger partial charge is 0.303 e. The van der Waals surface area contributed by atoms with Crippen LogP contribution in [0.3, 0.4) is 0 Å². The molecule has 78 valence electrons. The highest BCUT2D eigenvalue weighted by molar-refractivity contribution is 6.14. The lowest BCUT2D eigenvalue weighted by atomic mass is 9.57. The second kappa shape index (κ2) is 4.37. The summed E-state index contributed by atoms with van der Waals surface area (Å²) < 4.78 is 0. The van der Waals surface area contributed by atoms with Crippen LogP contribution in [0.5, 0.6) is 0 Å². The van der Waals surface area contributed by atoms with Gasteiger partial charge in [-0.25, -0.2) is 0 Å². The molecule has 0 bridgehead atoms. The highest BCUT2D eigenvalue weighted by Gasteiger charge is 2.31. The van der Waals surface area contributed by atoms with Gasteiger partial charge in [0.1, 0.15) is 0 Å². The maximum Gasteiger partial charge on any atom is 0.303 e. The SMILES string of the molecule is [B]C1(C)CCCC(C(C)CC(=O)O)C1. The predicted molar refractivity (Wildman–Crippen MR) is 57.5 cm³/mol. The fourth-order valence-corrected chi connectivity index (χ4v) is 2.50. The summed E-state index contributed by atoms with van der Waals surface area (Å²) >= 11 is 0. The summed E-state index contributed by atoms with van der Waals surface area (Å²) in [6, 6.07) is 0. The van der Waals surface area contributed by atoms with Crippen molar-refractivity contribution in [3.05, 3.63) is 0 Å². The van der Waals surface area contributed by atoms with Gasteiger partial charge in [0.05, 0.1) is 7.85 Å². The first-order valence-corrected chi connectivity index (χ1v) is 5.41. The first kappa shape index (κ1) is 11.6. The minimum Gasteiger partial charge on any atom is -0.481 e.